The molecule has 5 rings (SSSR count). The highest BCUT2D eigenvalue weighted by Gasteiger charge is 2.21. The lowest BCUT2D eigenvalue weighted by atomic mass is 9.83. The number of hydrogen-bond acceptors (Lipinski definition) is 7. The van der Waals surface area contributed by atoms with Gasteiger partial charge < -0.3 is 5.32 Å². The van der Waals surface area contributed by atoms with E-state index in [0.29, 0.717) is 27.9 Å². The first kappa shape index (κ1) is 18.7. The highest BCUT2D eigenvalue weighted by Crippen LogP contribution is 2.36. The van der Waals surface area contributed by atoms with Gasteiger partial charge in [0.15, 0.2) is 5.01 Å². The minimum atomic E-state index is -0.222. The van der Waals surface area contributed by atoms with Gasteiger partial charge in [-0.05, 0) is 53.6 Å². The summed E-state index contributed by atoms with van der Waals surface area (Å²) in [5.41, 5.74) is 3.31. The predicted molar refractivity (Wildman–Crippen MR) is 117 cm³/mol. The van der Waals surface area contributed by atoms with E-state index < -0.39 is 0 Å². The van der Waals surface area contributed by atoms with E-state index in [9.17, 15) is 4.79 Å². The van der Waals surface area contributed by atoms with Crippen molar-refractivity contribution < 1.29 is 4.79 Å². The van der Waals surface area contributed by atoms with Crippen LogP contribution in [0.2, 0.25) is 0 Å². The number of nitrogens with zero attached hydrogens (tertiary/aromatic N) is 4. The number of rotatable bonds is 4. The monoisotopic (exact) mass is 432 g/mol. The Balaban J connectivity index is 1.31. The average Bonchev–Trinajstić information content (AvgIpc) is 3.46. The Morgan fingerprint density at radius 3 is 2.93 bits per heavy atom. The van der Waals surface area contributed by atoms with E-state index in [1.807, 2.05) is 29.6 Å². The Labute approximate surface area is 180 Å². The van der Waals surface area contributed by atoms with Crippen LogP contribution in [0.15, 0.2) is 41.1 Å². The summed E-state index contributed by atoms with van der Waals surface area (Å²) in [4.78, 5) is 17.9. The van der Waals surface area contributed by atoms with Crippen LogP contribution >= 0.6 is 22.7 Å². The number of carbonyl (C=O) groups is 1. The van der Waals surface area contributed by atoms with Gasteiger partial charge in [0.2, 0.25) is 5.82 Å². The molecule has 2 N–H and O–H groups in total. The highest BCUT2D eigenvalue weighted by molar-refractivity contribution is 7.12. The van der Waals surface area contributed by atoms with Crippen LogP contribution < -0.4 is 5.32 Å². The molecule has 1 amide bonds. The smallest absolute Gasteiger partial charge is 0.266 e. The van der Waals surface area contributed by atoms with Crippen molar-refractivity contribution in [2.75, 3.05) is 5.32 Å². The molecule has 0 spiro atoms. The van der Waals surface area contributed by atoms with E-state index in [0.717, 1.165) is 10.6 Å². The minimum Gasteiger partial charge on any atom is -0.321 e. The van der Waals surface area contributed by atoms with E-state index in [-0.39, 0.29) is 5.91 Å². The van der Waals surface area contributed by atoms with Crippen LogP contribution in [0.4, 0.5) is 5.69 Å². The van der Waals surface area contributed by atoms with Crippen molar-refractivity contribution in [1.29, 1.82) is 0 Å². The van der Waals surface area contributed by atoms with Crippen molar-refractivity contribution in [3.8, 4) is 23.2 Å². The third kappa shape index (κ3) is 3.87. The van der Waals surface area contributed by atoms with E-state index in [1.165, 1.54) is 36.3 Å². The zero-order valence-corrected chi connectivity index (χ0v) is 17.4. The fourth-order valence-corrected chi connectivity index (χ4v) is 4.69. The third-order valence-corrected chi connectivity index (χ3v) is 6.63. The van der Waals surface area contributed by atoms with Crippen molar-refractivity contribution in [2.24, 2.45) is 0 Å². The quantitative estimate of drug-likeness (QED) is 0.469. The number of carbonyl (C=O) groups excluding carboxylic acids is 1. The van der Waals surface area contributed by atoms with Crippen molar-refractivity contribution >= 4 is 34.3 Å². The van der Waals surface area contributed by atoms with Crippen LogP contribution in [0.25, 0.3) is 11.4 Å². The number of H-pyrrole nitrogens is 1. The van der Waals surface area contributed by atoms with Crippen molar-refractivity contribution in [1.82, 2.24) is 25.6 Å². The van der Waals surface area contributed by atoms with Crippen LogP contribution in [0.3, 0.4) is 0 Å². The maximum Gasteiger partial charge on any atom is 0.266 e. The second-order valence-corrected chi connectivity index (χ2v) is 8.66. The predicted octanol–water partition coefficient (Wildman–Crippen LogP) is 4.30. The molecule has 3 heterocycles. The fourth-order valence-electron chi connectivity index (χ4n) is 3.16. The lowest BCUT2D eigenvalue weighted by molar-refractivity contribution is 0.103. The molecule has 1 fully saturated rings. The zero-order chi connectivity index (χ0) is 20.3. The Kier molecular flexibility index (Phi) is 5.09. The number of amides is 1. The van der Waals surface area contributed by atoms with Crippen LogP contribution in [0, 0.1) is 11.8 Å². The van der Waals surface area contributed by atoms with Gasteiger partial charge >= 0.3 is 0 Å². The number of thiazole rings is 1. The lowest BCUT2D eigenvalue weighted by Gasteiger charge is -2.22. The number of anilines is 1. The molecule has 1 aliphatic carbocycles. The summed E-state index contributed by atoms with van der Waals surface area (Å²) in [5.74, 6) is 7.08. The van der Waals surface area contributed by atoms with E-state index in [2.05, 4.69) is 48.1 Å². The molecule has 0 bridgehead atoms. The molecule has 9 heteroatoms. The summed E-state index contributed by atoms with van der Waals surface area (Å²) >= 11 is 2.92. The van der Waals surface area contributed by atoms with Gasteiger partial charge in [0, 0.05) is 28.1 Å². The molecule has 148 valence electrons. The normalized spacial score (nSPS) is 13.3. The maximum absolute atomic E-state index is 12.8. The molecule has 1 saturated carbocycles. The van der Waals surface area contributed by atoms with Crippen LogP contribution in [0.1, 0.15) is 51.1 Å². The highest BCUT2D eigenvalue weighted by atomic mass is 32.1. The molecule has 0 radical (unpaired) electrons. The number of thiophene rings is 1. The fraction of sp³-hybridized carbons (Fsp3) is 0.190. The number of nitrogens with one attached hydrogen (secondary N) is 2. The van der Waals surface area contributed by atoms with Gasteiger partial charge in [-0.1, -0.05) is 18.4 Å². The lowest BCUT2D eigenvalue weighted by Crippen LogP contribution is -2.11. The Morgan fingerprint density at radius 2 is 2.13 bits per heavy atom. The van der Waals surface area contributed by atoms with Crippen LogP contribution in [0.5, 0.6) is 0 Å². The van der Waals surface area contributed by atoms with Gasteiger partial charge in [0.25, 0.3) is 5.91 Å². The largest absolute Gasteiger partial charge is 0.321 e. The topological polar surface area (TPSA) is 96.5 Å². The number of aromatic nitrogens is 5. The first-order valence-corrected chi connectivity index (χ1v) is 11.2. The molecule has 1 aliphatic rings. The Bertz CT molecular complexity index is 1240. The molecule has 0 atom stereocenters. The van der Waals surface area contributed by atoms with Gasteiger partial charge in [-0.15, -0.1) is 32.9 Å². The first-order valence-electron chi connectivity index (χ1n) is 9.46. The Morgan fingerprint density at radius 1 is 1.20 bits per heavy atom. The molecule has 0 aliphatic heterocycles. The van der Waals surface area contributed by atoms with Crippen molar-refractivity contribution in [3.63, 3.8) is 0 Å². The molecule has 30 heavy (non-hydrogen) atoms. The SMILES string of the molecule is O=C(Nc1cccc(C#Cc2nc(C3CCC3)cs2)c1)c1sccc1-c1nn[nH]n1. The van der Waals surface area contributed by atoms with E-state index in [4.69, 9.17) is 0 Å². The molecule has 0 saturated heterocycles. The maximum atomic E-state index is 12.8. The second kappa shape index (κ2) is 8.18. The summed E-state index contributed by atoms with van der Waals surface area (Å²) in [6.07, 6.45) is 3.76. The molecule has 1 aromatic carbocycles. The summed E-state index contributed by atoms with van der Waals surface area (Å²) in [6, 6.07) is 9.28. The summed E-state index contributed by atoms with van der Waals surface area (Å²) in [6.45, 7) is 0. The third-order valence-electron chi connectivity index (χ3n) is 4.94. The van der Waals surface area contributed by atoms with Crippen molar-refractivity contribution in [3.05, 3.63) is 62.2 Å². The minimum absolute atomic E-state index is 0.222. The zero-order valence-electron chi connectivity index (χ0n) is 15.8. The van der Waals surface area contributed by atoms with Crippen LogP contribution in [-0.4, -0.2) is 31.5 Å². The van der Waals surface area contributed by atoms with Gasteiger partial charge in [-0.25, -0.2) is 4.98 Å². The van der Waals surface area contributed by atoms with Gasteiger partial charge in [-0.3, -0.25) is 4.79 Å². The van der Waals surface area contributed by atoms with Gasteiger partial charge in [-0.2, -0.15) is 5.21 Å². The number of tetrazole rings is 1. The molecular weight excluding hydrogens is 416 g/mol. The number of aromatic amines is 1. The summed E-state index contributed by atoms with van der Waals surface area (Å²) in [7, 11) is 0. The Hall–Kier alpha value is -3.35. The van der Waals surface area contributed by atoms with Gasteiger partial charge in [0.1, 0.15) is 4.88 Å². The molecule has 4 aromatic rings. The van der Waals surface area contributed by atoms with Crippen molar-refractivity contribution in [2.45, 2.75) is 25.2 Å². The second-order valence-electron chi connectivity index (χ2n) is 6.89. The summed E-state index contributed by atoms with van der Waals surface area (Å²) in [5, 5.41) is 21.6. The van der Waals surface area contributed by atoms with Gasteiger partial charge in [0.05, 0.1) is 5.69 Å². The summed E-state index contributed by atoms with van der Waals surface area (Å²) < 4.78 is 0. The molecule has 3 aromatic heterocycles. The van der Waals surface area contributed by atoms with Crippen LogP contribution in [-0.2, 0) is 0 Å². The molecule has 0 unspecified atom stereocenters. The first-order chi connectivity index (χ1) is 14.8. The number of hydrogen-bond donors (Lipinski definition) is 2. The van der Waals surface area contributed by atoms with E-state index in [1.54, 1.807) is 17.4 Å². The molecular formula is C21H16N6OS2. The number of benzene rings is 1. The standard InChI is InChI=1S/C21H16N6OS2/c28-21(19-16(9-10-29-19)20-24-26-27-25-20)22-15-6-1-3-13(11-15)7-8-18-23-17(12-30-18)14-4-2-5-14/h1,3,6,9-12,14H,2,4-5H2,(H,22,28)(H,24,25,26,27). The molecule has 7 nitrogen and oxygen atoms in total. The average molecular weight is 433 g/mol. The van der Waals surface area contributed by atoms with E-state index >= 15 is 0 Å².